The highest BCUT2D eigenvalue weighted by Gasteiger charge is 2.15. The first-order chi connectivity index (χ1) is 14.6. The van der Waals surface area contributed by atoms with Crippen molar-refractivity contribution in [3.05, 3.63) is 95.1 Å². The summed E-state index contributed by atoms with van der Waals surface area (Å²) in [5.41, 5.74) is 1.94. The van der Waals surface area contributed by atoms with Gasteiger partial charge >= 0.3 is 0 Å². The van der Waals surface area contributed by atoms with Crippen molar-refractivity contribution in [1.82, 2.24) is 0 Å². The van der Waals surface area contributed by atoms with E-state index in [0.29, 0.717) is 22.3 Å². The van der Waals surface area contributed by atoms with E-state index in [2.05, 4.69) is 11.8 Å². The van der Waals surface area contributed by atoms with E-state index in [4.69, 9.17) is 0 Å². The summed E-state index contributed by atoms with van der Waals surface area (Å²) in [6.45, 7) is 0. The first-order valence-corrected chi connectivity index (χ1v) is 9.34. The van der Waals surface area contributed by atoms with Gasteiger partial charge in [0.2, 0.25) is 0 Å². The van der Waals surface area contributed by atoms with E-state index < -0.39 is 12.2 Å². The lowest BCUT2D eigenvalue weighted by Gasteiger charge is -2.11. The van der Waals surface area contributed by atoms with Crippen LogP contribution in [0.4, 0.5) is 0 Å². The summed E-state index contributed by atoms with van der Waals surface area (Å²) in [7, 11) is 0. The highest BCUT2D eigenvalue weighted by Crippen LogP contribution is 2.28. The molecule has 142 valence electrons. The molecule has 4 nitrogen and oxygen atoms in total. The Kier molecular flexibility index (Phi) is 5.17. The van der Waals surface area contributed by atoms with Gasteiger partial charge in [0.15, 0.2) is 12.2 Å². The summed E-state index contributed by atoms with van der Waals surface area (Å²) in [4.78, 5) is 0. The van der Waals surface area contributed by atoms with Crippen molar-refractivity contribution >= 4 is 21.5 Å². The zero-order valence-corrected chi connectivity index (χ0v) is 15.9. The fourth-order valence-corrected chi connectivity index (χ4v) is 3.58. The summed E-state index contributed by atoms with van der Waals surface area (Å²) in [6, 6.07) is 26.0. The second kappa shape index (κ2) is 8.08. The number of benzene rings is 4. The van der Waals surface area contributed by atoms with Crippen molar-refractivity contribution in [2.24, 2.45) is 0 Å². The number of aliphatic hydroxyl groups excluding tert-OH is 2. The third-order valence-corrected chi connectivity index (χ3v) is 5.07. The van der Waals surface area contributed by atoms with Crippen LogP contribution in [0.25, 0.3) is 21.5 Å². The molecule has 2 unspecified atom stereocenters. The highest BCUT2D eigenvalue weighted by atomic mass is 16.3. The fraction of sp³-hybridized carbons (Fsp3) is 0.0769. The normalized spacial score (nSPS) is 12.4. The summed E-state index contributed by atoms with van der Waals surface area (Å²) in [5, 5.41) is 42.4. The van der Waals surface area contributed by atoms with Crippen molar-refractivity contribution in [3.63, 3.8) is 0 Å². The quantitative estimate of drug-likeness (QED) is 0.391. The molecule has 0 bridgehead atoms. The minimum Gasteiger partial charge on any atom is -0.374 e. The molecule has 0 radical (unpaired) electrons. The second-order valence-electron chi connectivity index (χ2n) is 6.82. The largest absolute Gasteiger partial charge is 0.374 e. The maximum absolute atomic E-state index is 10.2. The van der Waals surface area contributed by atoms with Crippen LogP contribution in [0.3, 0.4) is 0 Å². The predicted octanol–water partition coefficient (Wildman–Crippen LogP) is 4.51. The number of aliphatic hydroxyl groups is 2. The summed E-state index contributed by atoms with van der Waals surface area (Å²) in [5.74, 6) is 6.24. The number of nitriles is 2. The van der Waals surface area contributed by atoms with E-state index in [1.54, 1.807) is 12.1 Å². The Morgan fingerprint density at radius 1 is 0.567 bits per heavy atom. The Labute approximate surface area is 173 Å². The summed E-state index contributed by atoms with van der Waals surface area (Å²) >= 11 is 0. The van der Waals surface area contributed by atoms with Gasteiger partial charge in [-0.15, -0.1) is 0 Å². The topological polar surface area (TPSA) is 88.0 Å². The van der Waals surface area contributed by atoms with Crippen molar-refractivity contribution in [2.45, 2.75) is 12.2 Å². The van der Waals surface area contributed by atoms with Crippen LogP contribution in [0.5, 0.6) is 0 Å². The van der Waals surface area contributed by atoms with Gasteiger partial charge in [-0.25, -0.2) is 0 Å². The van der Waals surface area contributed by atoms with Gasteiger partial charge in [-0.05, 0) is 21.5 Å². The van der Waals surface area contributed by atoms with Gasteiger partial charge in [0, 0.05) is 22.3 Å². The molecule has 4 aromatic rings. The Balaban J connectivity index is 2.02. The second-order valence-corrected chi connectivity index (χ2v) is 6.82. The summed E-state index contributed by atoms with van der Waals surface area (Å²) in [6.07, 6.45) is -2.62. The van der Waals surface area contributed by atoms with Crippen molar-refractivity contribution in [3.8, 4) is 24.0 Å². The molecule has 0 spiro atoms. The zero-order valence-electron chi connectivity index (χ0n) is 15.9. The standard InChI is InChI=1S/C26H16N2O2/c27-15-25(29)23-11-9-17-5-1-3-7-19(17)21(23)13-14-22-20-8-4-2-6-18(20)10-12-24(22)26(30)16-28/h1-12,25-26,29-30H. The van der Waals surface area contributed by atoms with Crippen LogP contribution in [-0.2, 0) is 0 Å². The summed E-state index contributed by atoms with van der Waals surface area (Å²) < 4.78 is 0. The van der Waals surface area contributed by atoms with Crippen LogP contribution in [0.2, 0.25) is 0 Å². The van der Waals surface area contributed by atoms with Gasteiger partial charge in [-0.3, -0.25) is 0 Å². The molecule has 4 rings (SSSR count). The molecule has 30 heavy (non-hydrogen) atoms. The molecule has 0 amide bonds. The van der Waals surface area contributed by atoms with Crippen LogP contribution < -0.4 is 0 Å². The lowest BCUT2D eigenvalue weighted by atomic mass is 9.94. The van der Waals surface area contributed by atoms with Crippen LogP contribution in [0, 0.1) is 34.5 Å². The van der Waals surface area contributed by atoms with Crippen molar-refractivity contribution in [1.29, 1.82) is 10.5 Å². The molecule has 4 heteroatoms. The number of hydrogen-bond acceptors (Lipinski definition) is 4. The average Bonchev–Trinajstić information content (AvgIpc) is 2.81. The van der Waals surface area contributed by atoms with Crippen LogP contribution >= 0.6 is 0 Å². The van der Waals surface area contributed by atoms with Crippen molar-refractivity contribution < 1.29 is 10.2 Å². The van der Waals surface area contributed by atoms with Crippen LogP contribution in [0.15, 0.2) is 72.8 Å². The van der Waals surface area contributed by atoms with Gasteiger partial charge in [0.1, 0.15) is 0 Å². The van der Waals surface area contributed by atoms with E-state index in [9.17, 15) is 20.7 Å². The van der Waals surface area contributed by atoms with E-state index in [1.165, 1.54) is 0 Å². The van der Waals surface area contributed by atoms with Crippen LogP contribution in [-0.4, -0.2) is 10.2 Å². The Morgan fingerprint density at radius 3 is 1.37 bits per heavy atom. The number of hydrogen-bond donors (Lipinski definition) is 2. The monoisotopic (exact) mass is 388 g/mol. The molecule has 0 fully saturated rings. The average molecular weight is 388 g/mol. The number of rotatable bonds is 2. The lowest BCUT2D eigenvalue weighted by molar-refractivity contribution is 0.235. The smallest absolute Gasteiger partial charge is 0.167 e. The van der Waals surface area contributed by atoms with E-state index in [-0.39, 0.29) is 0 Å². The molecule has 0 saturated carbocycles. The van der Waals surface area contributed by atoms with Crippen molar-refractivity contribution in [2.75, 3.05) is 0 Å². The van der Waals surface area contributed by atoms with Crippen LogP contribution in [0.1, 0.15) is 34.5 Å². The molecule has 2 N–H and O–H groups in total. The van der Waals surface area contributed by atoms with Gasteiger partial charge in [0.05, 0.1) is 12.1 Å². The first kappa shape index (κ1) is 19.2. The zero-order chi connectivity index (χ0) is 21.1. The Hall–Kier alpha value is -4.14. The minimum absolute atomic E-state index is 0.423. The fourth-order valence-electron chi connectivity index (χ4n) is 3.58. The molecule has 0 aliphatic rings. The third-order valence-electron chi connectivity index (χ3n) is 5.07. The molecular formula is C26H16N2O2. The maximum Gasteiger partial charge on any atom is 0.167 e. The van der Waals surface area contributed by atoms with E-state index in [1.807, 2.05) is 72.8 Å². The van der Waals surface area contributed by atoms with Gasteiger partial charge in [-0.2, -0.15) is 10.5 Å². The minimum atomic E-state index is -1.31. The maximum atomic E-state index is 10.2. The van der Waals surface area contributed by atoms with E-state index >= 15 is 0 Å². The molecule has 4 aromatic carbocycles. The molecule has 0 aromatic heterocycles. The SMILES string of the molecule is N#CC(O)c1ccc2ccccc2c1C#Cc1c(C(O)C#N)ccc2ccccc12. The molecule has 2 atom stereocenters. The molecule has 0 aliphatic heterocycles. The number of nitrogens with zero attached hydrogens (tertiary/aromatic N) is 2. The highest BCUT2D eigenvalue weighted by molar-refractivity contribution is 5.92. The molecule has 0 aliphatic carbocycles. The number of fused-ring (bicyclic) bond motifs is 2. The first-order valence-electron chi connectivity index (χ1n) is 9.34. The molecule has 0 saturated heterocycles. The van der Waals surface area contributed by atoms with Gasteiger partial charge in [0.25, 0.3) is 0 Å². The van der Waals surface area contributed by atoms with Gasteiger partial charge in [-0.1, -0.05) is 84.6 Å². The predicted molar refractivity (Wildman–Crippen MR) is 115 cm³/mol. The Bertz CT molecular complexity index is 1310. The molecule has 0 heterocycles. The van der Waals surface area contributed by atoms with Gasteiger partial charge < -0.3 is 10.2 Å². The molecular weight excluding hydrogens is 372 g/mol. The third kappa shape index (κ3) is 3.37. The van der Waals surface area contributed by atoms with E-state index in [0.717, 1.165) is 21.5 Å². The Morgan fingerprint density at radius 2 is 0.967 bits per heavy atom. The lowest BCUT2D eigenvalue weighted by Crippen LogP contribution is -2.00.